The van der Waals surface area contributed by atoms with Crippen molar-refractivity contribution in [3.8, 4) is 11.5 Å². The lowest BCUT2D eigenvalue weighted by Gasteiger charge is -2.35. The standard InChI is InChI=1S/C27H25Br2N3O5/c1-36-21-7-2-18(3-8-21)26(34)30-24-16-20(29)6-11-23(24)27(35)32-14-12-31(13-15-32)25(33)17-37-22-9-4-19(28)5-10-22/h2-11,16H,12-15,17H2,1H3,(H,30,34). The zero-order chi connectivity index (χ0) is 26.4. The first kappa shape index (κ1) is 26.7. The topological polar surface area (TPSA) is 88.2 Å². The molecular formula is C27H25Br2N3O5. The Morgan fingerprint density at radius 1 is 0.811 bits per heavy atom. The summed E-state index contributed by atoms with van der Waals surface area (Å²) in [7, 11) is 1.56. The Balaban J connectivity index is 1.36. The molecule has 3 aromatic rings. The first-order valence-corrected chi connectivity index (χ1v) is 13.1. The molecule has 1 fully saturated rings. The van der Waals surface area contributed by atoms with E-state index in [9.17, 15) is 14.4 Å². The van der Waals surface area contributed by atoms with Crippen LogP contribution >= 0.6 is 31.9 Å². The number of rotatable bonds is 7. The van der Waals surface area contributed by atoms with E-state index in [1.165, 1.54) is 0 Å². The van der Waals surface area contributed by atoms with E-state index in [4.69, 9.17) is 9.47 Å². The molecule has 37 heavy (non-hydrogen) atoms. The summed E-state index contributed by atoms with van der Waals surface area (Å²) in [5.41, 5.74) is 1.22. The number of nitrogens with zero attached hydrogens (tertiary/aromatic N) is 2. The zero-order valence-electron chi connectivity index (χ0n) is 20.1. The van der Waals surface area contributed by atoms with Gasteiger partial charge in [0.2, 0.25) is 0 Å². The van der Waals surface area contributed by atoms with E-state index in [1.54, 1.807) is 71.5 Å². The number of carbonyl (C=O) groups is 3. The largest absolute Gasteiger partial charge is 0.497 e. The molecule has 192 valence electrons. The third-order valence-electron chi connectivity index (χ3n) is 5.91. The van der Waals surface area contributed by atoms with Gasteiger partial charge >= 0.3 is 0 Å². The minimum Gasteiger partial charge on any atom is -0.497 e. The molecular weight excluding hydrogens is 606 g/mol. The van der Waals surface area contributed by atoms with Crippen LogP contribution in [0, 0.1) is 0 Å². The molecule has 0 radical (unpaired) electrons. The predicted molar refractivity (Wildman–Crippen MR) is 147 cm³/mol. The maximum atomic E-state index is 13.4. The number of methoxy groups -OCH3 is 1. The minimum absolute atomic E-state index is 0.0656. The number of benzene rings is 3. The number of halogens is 2. The third kappa shape index (κ3) is 6.90. The fourth-order valence-corrected chi connectivity index (χ4v) is 4.47. The van der Waals surface area contributed by atoms with Crippen LogP contribution in [0.3, 0.4) is 0 Å². The SMILES string of the molecule is COc1ccc(C(=O)Nc2cc(Br)ccc2C(=O)N2CCN(C(=O)COc3ccc(Br)cc3)CC2)cc1. The molecule has 0 aromatic heterocycles. The Bertz CT molecular complexity index is 1270. The van der Waals surface area contributed by atoms with Crippen molar-refractivity contribution in [2.75, 3.05) is 45.2 Å². The van der Waals surface area contributed by atoms with Gasteiger partial charge in [-0.05, 0) is 66.7 Å². The maximum Gasteiger partial charge on any atom is 0.260 e. The first-order valence-electron chi connectivity index (χ1n) is 11.5. The summed E-state index contributed by atoms with van der Waals surface area (Å²) >= 11 is 6.78. The molecule has 4 rings (SSSR count). The number of ether oxygens (including phenoxy) is 2. The Labute approximate surface area is 231 Å². The Morgan fingerprint density at radius 2 is 1.41 bits per heavy atom. The van der Waals surface area contributed by atoms with Gasteiger partial charge in [0, 0.05) is 40.7 Å². The van der Waals surface area contributed by atoms with E-state index in [-0.39, 0.29) is 24.3 Å². The molecule has 0 atom stereocenters. The van der Waals surface area contributed by atoms with Crippen LogP contribution in [0.2, 0.25) is 0 Å². The Hall–Kier alpha value is -3.37. The molecule has 0 aliphatic carbocycles. The van der Waals surface area contributed by atoms with Gasteiger partial charge in [0.25, 0.3) is 17.7 Å². The fourth-order valence-electron chi connectivity index (χ4n) is 3.84. The van der Waals surface area contributed by atoms with Gasteiger partial charge < -0.3 is 24.6 Å². The van der Waals surface area contributed by atoms with Crippen LogP contribution < -0.4 is 14.8 Å². The van der Waals surface area contributed by atoms with Crippen LogP contribution in [0.15, 0.2) is 75.7 Å². The average Bonchev–Trinajstić information content (AvgIpc) is 2.92. The number of amides is 3. The van der Waals surface area contributed by atoms with Crippen molar-refractivity contribution < 1.29 is 23.9 Å². The first-order chi connectivity index (χ1) is 17.8. The monoisotopic (exact) mass is 629 g/mol. The van der Waals surface area contributed by atoms with Crippen molar-refractivity contribution in [2.24, 2.45) is 0 Å². The molecule has 1 N–H and O–H groups in total. The van der Waals surface area contributed by atoms with E-state index in [2.05, 4.69) is 37.2 Å². The second-order valence-corrected chi connectivity index (χ2v) is 10.1. The van der Waals surface area contributed by atoms with E-state index in [1.807, 2.05) is 12.1 Å². The van der Waals surface area contributed by atoms with Crippen LogP contribution in [0.1, 0.15) is 20.7 Å². The second-order valence-electron chi connectivity index (χ2n) is 8.29. The van der Waals surface area contributed by atoms with Crippen LogP contribution in [0.5, 0.6) is 11.5 Å². The van der Waals surface area contributed by atoms with Crippen molar-refractivity contribution in [1.29, 1.82) is 0 Å². The highest BCUT2D eigenvalue weighted by Gasteiger charge is 2.27. The molecule has 10 heteroatoms. The summed E-state index contributed by atoms with van der Waals surface area (Å²) in [5, 5.41) is 2.85. The molecule has 1 aliphatic heterocycles. The highest BCUT2D eigenvalue weighted by atomic mass is 79.9. The number of hydrogen-bond donors (Lipinski definition) is 1. The quantitative estimate of drug-likeness (QED) is 0.404. The van der Waals surface area contributed by atoms with Gasteiger partial charge in [0.05, 0.1) is 18.4 Å². The van der Waals surface area contributed by atoms with Crippen LogP contribution in [0.4, 0.5) is 5.69 Å². The van der Waals surface area contributed by atoms with E-state index in [0.29, 0.717) is 54.5 Å². The van der Waals surface area contributed by atoms with Gasteiger partial charge in [-0.3, -0.25) is 14.4 Å². The highest BCUT2D eigenvalue weighted by molar-refractivity contribution is 9.10. The summed E-state index contributed by atoms with van der Waals surface area (Å²) in [6.45, 7) is 1.50. The van der Waals surface area contributed by atoms with Crippen LogP contribution in [-0.2, 0) is 4.79 Å². The zero-order valence-corrected chi connectivity index (χ0v) is 23.2. The molecule has 0 spiro atoms. The number of hydrogen-bond acceptors (Lipinski definition) is 5. The number of carbonyl (C=O) groups excluding carboxylic acids is 3. The summed E-state index contributed by atoms with van der Waals surface area (Å²) < 4.78 is 12.4. The average molecular weight is 631 g/mol. The summed E-state index contributed by atoms with van der Waals surface area (Å²) in [6.07, 6.45) is 0. The van der Waals surface area contributed by atoms with Gasteiger partial charge in [-0.25, -0.2) is 0 Å². The Morgan fingerprint density at radius 3 is 2.05 bits per heavy atom. The molecule has 1 saturated heterocycles. The molecule has 0 saturated carbocycles. The smallest absolute Gasteiger partial charge is 0.260 e. The number of piperazine rings is 1. The van der Waals surface area contributed by atoms with Crippen LogP contribution in [0.25, 0.3) is 0 Å². The molecule has 3 amide bonds. The van der Waals surface area contributed by atoms with E-state index in [0.717, 1.165) is 8.95 Å². The van der Waals surface area contributed by atoms with Crippen molar-refractivity contribution >= 4 is 55.3 Å². The summed E-state index contributed by atoms with van der Waals surface area (Å²) in [4.78, 5) is 42.2. The van der Waals surface area contributed by atoms with Gasteiger partial charge in [-0.2, -0.15) is 0 Å². The van der Waals surface area contributed by atoms with Gasteiger partial charge in [-0.15, -0.1) is 0 Å². The fraction of sp³-hybridized carbons (Fsp3) is 0.222. The summed E-state index contributed by atoms with van der Waals surface area (Å²) in [6, 6.07) is 19.1. The molecule has 1 heterocycles. The van der Waals surface area contributed by atoms with Crippen LogP contribution in [-0.4, -0.2) is 67.4 Å². The van der Waals surface area contributed by atoms with Gasteiger partial charge in [0.15, 0.2) is 6.61 Å². The maximum absolute atomic E-state index is 13.4. The van der Waals surface area contributed by atoms with E-state index < -0.39 is 0 Å². The lowest BCUT2D eigenvalue weighted by atomic mass is 10.1. The van der Waals surface area contributed by atoms with Crippen molar-refractivity contribution in [3.63, 3.8) is 0 Å². The molecule has 1 aliphatic rings. The van der Waals surface area contributed by atoms with E-state index >= 15 is 0 Å². The second kappa shape index (κ2) is 12.2. The lowest BCUT2D eigenvalue weighted by Crippen LogP contribution is -2.51. The lowest BCUT2D eigenvalue weighted by molar-refractivity contribution is -0.134. The van der Waals surface area contributed by atoms with Crippen molar-refractivity contribution in [2.45, 2.75) is 0 Å². The predicted octanol–water partition coefficient (Wildman–Crippen LogP) is 4.84. The third-order valence-corrected chi connectivity index (χ3v) is 6.93. The normalized spacial score (nSPS) is 13.2. The molecule has 0 unspecified atom stereocenters. The molecule has 3 aromatic carbocycles. The van der Waals surface area contributed by atoms with Crippen molar-refractivity contribution in [1.82, 2.24) is 9.80 Å². The number of anilines is 1. The molecule has 8 nitrogen and oxygen atoms in total. The Kier molecular flexibility index (Phi) is 8.83. The number of nitrogens with one attached hydrogen (secondary N) is 1. The van der Waals surface area contributed by atoms with Crippen molar-refractivity contribution in [3.05, 3.63) is 86.8 Å². The highest BCUT2D eigenvalue weighted by Crippen LogP contribution is 2.25. The van der Waals surface area contributed by atoms with Gasteiger partial charge in [0.1, 0.15) is 11.5 Å². The molecule has 0 bridgehead atoms. The minimum atomic E-state index is -0.337. The van der Waals surface area contributed by atoms with Gasteiger partial charge in [-0.1, -0.05) is 31.9 Å². The summed E-state index contributed by atoms with van der Waals surface area (Å²) in [5.74, 6) is 0.579.